The average Bonchev–Trinajstić information content (AvgIpc) is 2.54. The Morgan fingerprint density at radius 1 is 1.09 bits per heavy atom. The lowest BCUT2D eigenvalue weighted by Gasteiger charge is -2.11. The lowest BCUT2D eigenvalue weighted by atomic mass is 10.1. The first-order valence-corrected chi connectivity index (χ1v) is 7.70. The normalized spacial score (nSPS) is 9.70. The maximum atomic E-state index is 11.8. The van der Waals surface area contributed by atoms with Crippen molar-refractivity contribution in [1.82, 2.24) is 5.32 Å². The van der Waals surface area contributed by atoms with Crippen LogP contribution in [0.15, 0.2) is 48.5 Å². The maximum Gasteiger partial charge on any atom is 0.225 e. The van der Waals surface area contributed by atoms with Crippen LogP contribution >= 0.6 is 11.6 Å². The first-order chi connectivity index (χ1) is 11.0. The van der Waals surface area contributed by atoms with E-state index < -0.39 is 0 Å². The van der Waals surface area contributed by atoms with Crippen LogP contribution in [0.2, 0.25) is 5.02 Å². The molecule has 0 radical (unpaired) electrons. The van der Waals surface area contributed by atoms with Crippen LogP contribution < -0.4 is 10.2 Å². The van der Waals surface area contributed by atoms with E-state index in [-0.39, 0.29) is 5.91 Å². The summed E-state index contributed by atoms with van der Waals surface area (Å²) < 4.78 is 0. The fourth-order valence-corrected chi connectivity index (χ4v) is 2.11. The molecule has 2 rings (SSSR count). The van der Waals surface area contributed by atoms with E-state index in [0.29, 0.717) is 18.0 Å². The molecule has 2 aromatic carbocycles. The number of rotatable bonds is 4. The molecule has 0 fully saturated rings. The van der Waals surface area contributed by atoms with Crippen LogP contribution in [0.4, 0.5) is 5.69 Å². The molecule has 0 saturated carbocycles. The Morgan fingerprint density at radius 2 is 1.74 bits per heavy atom. The van der Waals surface area contributed by atoms with Gasteiger partial charge in [0.05, 0.1) is 13.0 Å². The van der Waals surface area contributed by atoms with Crippen LogP contribution in [0.3, 0.4) is 0 Å². The molecule has 0 spiro atoms. The summed E-state index contributed by atoms with van der Waals surface area (Å²) in [7, 11) is 3.99. The second-order valence-electron chi connectivity index (χ2n) is 5.32. The van der Waals surface area contributed by atoms with E-state index >= 15 is 0 Å². The third-order valence-electron chi connectivity index (χ3n) is 3.27. The third kappa shape index (κ3) is 5.69. The summed E-state index contributed by atoms with van der Waals surface area (Å²) in [5.74, 6) is 5.94. The monoisotopic (exact) mass is 326 g/mol. The number of hydrogen-bond acceptors (Lipinski definition) is 2. The van der Waals surface area contributed by atoms with Gasteiger partial charge in [0.25, 0.3) is 0 Å². The van der Waals surface area contributed by atoms with Gasteiger partial charge in [-0.05, 0) is 42.0 Å². The van der Waals surface area contributed by atoms with Crippen molar-refractivity contribution in [1.29, 1.82) is 0 Å². The van der Waals surface area contributed by atoms with Crippen LogP contribution in [0.1, 0.15) is 11.1 Å². The van der Waals surface area contributed by atoms with E-state index in [1.165, 1.54) is 0 Å². The van der Waals surface area contributed by atoms with Gasteiger partial charge >= 0.3 is 0 Å². The minimum Gasteiger partial charge on any atom is -0.378 e. The topological polar surface area (TPSA) is 32.3 Å². The van der Waals surface area contributed by atoms with Crippen LogP contribution in [0.25, 0.3) is 0 Å². The third-order valence-corrected chi connectivity index (χ3v) is 3.52. The van der Waals surface area contributed by atoms with Crippen molar-refractivity contribution < 1.29 is 4.79 Å². The highest BCUT2D eigenvalue weighted by Gasteiger charge is 2.01. The smallest absolute Gasteiger partial charge is 0.225 e. The van der Waals surface area contributed by atoms with E-state index in [4.69, 9.17) is 11.6 Å². The van der Waals surface area contributed by atoms with Crippen molar-refractivity contribution in [3.8, 4) is 11.8 Å². The summed E-state index contributed by atoms with van der Waals surface area (Å²) in [5, 5.41) is 3.46. The number of anilines is 1. The van der Waals surface area contributed by atoms with Crippen LogP contribution in [0.5, 0.6) is 0 Å². The molecule has 2 aromatic rings. The van der Waals surface area contributed by atoms with E-state index in [1.54, 1.807) is 12.1 Å². The van der Waals surface area contributed by atoms with E-state index in [0.717, 1.165) is 16.8 Å². The van der Waals surface area contributed by atoms with Gasteiger partial charge in [0, 0.05) is 30.4 Å². The number of benzene rings is 2. The Labute approximate surface area is 142 Å². The summed E-state index contributed by atoms with van der Waals surface area (Å²) in [4.78, 5) is 13.8. The van der Waals surface area contributed by atoms with Gasteiger partial charge in [0.15, 0.2) is 0 Å². The molecule has 4 heteroatoms. The predicted molar refractivity (Wildman–Crippen MR) is 95.8 cm³/mol. The fraction of sp³-hybridized carbons (Fsp3) is 0.211. The average molecular weight is 327 g/mol. The molecule has 1 N–H and O–H groups in total. The summed E-state index contributed by atoms with van der Waals surface area (Å²) in [5.41, 5.74) is 2.99. The van der Waals surface area contributed by atoms with Crippen molar-refractivity contribution in [3.63, 3.8) is 0 Å². The molecule has 0 heterocycles. The molecule has 3 nitrogen and oxygen atoms in total. The minimum absolute atomic E-state index is 0.0513. The molecule has 118 valence electrons. The molecule has 0 aliphatic rings. The van der Waals surface area contributed by atoms with Gasteiger partial charge in [-0.25, -0.2) is 0 Å². The number of nitrogens with zero attached hydrogens (tertiary/aromatic N) is 1. The Balaban J connectivity index is 1.80. The van der Waals surface area contributed by atoms with Crippen molar-refractivity contribution in [2.75, 3.05) is 25.5 Å². The van der Waals surface area contributed by atoms with Crippen LogP contribution in [-0.2, 0) is 11.2 Å². The molecule has 0 aliphatic carbocycles. The molecule has 0 saturated heterocycles. The maximum absolute atomic E-state index is 11.8. The van der Waals surface area contributed by atoms with E-state index in [2.05, 4.69) is 17.2 Å². The fourth-order valence-electron chi connectivity index (χ4n) is 1.98. The van der Waals surface area contributed by atoms with E-state index in [1.807, 2.05) is 55.4 Å². The second kappa shape index (κ2) is 8.26. The molecule has 23 heavy (non-hydrogen) atoms. The predicted octanol–water partition coefficient (Wildman–Crippen LogP) is 3.12. The molecule has 1 amide bonds. The molecule has 0 atom stereocenters. The summed E-state index contributed by atoms with van der Waals surface area (Å²) in [6.45, 7) is 0.335. The van der Waals surface area contributed by atoms with Crippen molar-refractivity contribution in [2.24, 2.45) is 0 Å². The van der Waals surface area contributed by atoms with Gasteiger partial charge < -0.3 is 10.2 Å². The van der Waals surface area contributed by atoms with Gasteiger partial charge in [-0.2, -0.15) is 0 Å². The minimum atomic E-state index is -0.0513. The van der Waals surface area contributed by atoms with Gasteiger partial charge in [0.1, 0.15) is 0 Å². The zero-order chi connectivity index (χ0) is 16.7. The molecule has 0 unspecified atom stereocenters. The molecule has 0 aliphatic heterocycles. The Hall–Kier alpha value is -2.44. The zero-order valence-corrected chi connectivity index (χ0v) is 14.0. The number of carbonyl (C=O) groups is 1. The molecular weight excluding hydrogens is 308 g/mol. The molecular formula is C19H19ClN2O. The van der Waals surface area contributed by atoms with Crippen molar-refractivity contribution in [2.45, 2.75) is 6.42 Å². The van der Waals surface area contributed by atoms with Gasteiger partial charge in [-0.1, -0.05) is 35.6 Å². The largest absolute Gasteiger partial charge is 0.378 e. The summed E-state index contributed by atoms with van der Waals surface area (Å²) in [6.07, 6.45) is 0.330. The SMILES string of the molecule is CN(C)c1ccc(C#CCNC(=O)Cc2ccc(Cl)cc2)cc1. The van der Waals surface area contributed by atoms with Gasteiger partial charge in [0.2, 0.25) is 5.91 Å². The van der Waals surface area contributed by atoms with Gasteiger partial charge in [-0.15, -0.1) is 0 Å². The second-order valence-corrected chi connectivity index (χ2v) is 5.76. The quantitative estimate of drug-likeness (QED) is 0.876. The lowest BCUT2D eigenvalue weighted by Crippen LogP contribution is -2.25. The number of hydrogen-bond donors (Lipinski definition) is 1. The Kier molecular flexibility index (Phi) is 6.08. The van der Waals surface area contributed by atoms with Crippen LogP contribution in [-0.4, -0.2) is 26.5 Å². The number of carbonyl (C=O) groups excluding carboxylic acids is 1. The number of amides is 1. The van der Waals surface area contributed by atoms with Gasteiger partial charge in [-0.3, -0.25) is 4.79 Å². The highest BCUT2D eigenvalue weighted by molar-refractivity contribution is 6.30. The lowest BCUT2D eigenvalue weighted by molar-refractivity contribution is -0.120. The van der Waals surface area contributed by atoms with Crippen molar-refractivity contribution >= 4 is 23.2 Å². The first-order valence-electron chi connectivity index (χ1n) is 7.32. The van der Waals surface area contributed by atoms with E-state index in [9.17, 15) is 4.79 Å². The Morgan fingerprint density at radius 3 is 2.35 bits per heavy atom. The standard InChI is InChI=1S/C19H19ClN2O/c1-22(2)18-11-7-15(8-12-18)4-3-13-21-19(23)14-16-5-9-17(20)10-6-16/h5-12H,13-14H2,1-2H3,(H,21,23). The first kappa shape index (κ1) is 16.9. The zero-order valence-electron chi connectivity index (χ0n) is 13.3. The number of nitrogens with one attached hydrogen (secondary N) is 1. The van der Waals surface area contributed by atoms with Crippen molar-refractivity contribution in [3.05, 3.63) is 64.7 Å². The molecule has 0 aromatic heterocycles. The van der Waals surface area contributed by atoms with Crippen LogP contribution in [0, 0.1) is 11.8 Å². The highest BCUT2D eigenvalue weighted by Crippen LogP contribution is 2.11. The Bertz CT molecular complexity index is 710. The highest BCUT2D eigenvalue weighted by atomic mass is 35.5. The molecule has 0 bridgehead atoms. The summed E-state index contributed by atoms with van der Waals surface area (Å²) >= 11 is 5.81. The summed E-state index contributed by atoms with van der Waals surface area (Å²) in [6, 6.07) is 15.2. The number of halogens is 1.